The maximum absolute atomic E-state index is 12.7. The molecule has 3 atom stereocenters. The Labute approximate surface area is 196 Å². The van der Waals surface area contributed by atoms with Crippen molar-refractivity contribution in [2.75, 3.05) is 26.3 Å². The summed E-state index contributed by atoms with van der Waals surface area (Å²) in [6, 6.07) is -0.0298. The number of aryl methyl sites for hydroxylation is 2. The van der Waals surface area contributed by atoms with Gasteiger partial charge < -0.3 is 29.0 Å². The fraction of sp³-hybridized carbons (Fsp3) is 0.792. The van der Waals surface area contributed by atoms with Gasteiger partial charge in [0.05, 0.1) is 24.3 Å². The van der Waals surface area contributed by atoms with Crippen molar-refractivity contribution in [3.63, 3.8) is 0 Å². The molecule has 9 heteroatoms. The Morgan fingerprint density at radius 3 is 2.61 bits per heavy atom. The molecule has 3 aliphatic heterocycles. The summed E-state index contributed by atoms with van der Waals surface area (Å²) in [5.41, 5.74) is 0.487. The molecule has 1 aromatic rings. The molecule has 0 bridgehead atoms. The number of carbonyl (C=O) groups is 2. The van der Waals surface area contributed by atoms with E-state index >= 15 is 0 Å². The van der Waals surface area contributed by atoms with E-state index in [1.165, 1.54) is 0 Å². The zero-order valence-electron chi connectivity index (χ0n) is 20.3. The van der Waals surface area contributed by atoms with Gasteiger partial charge in [0.2, 0.25) is 5.91 Å². The fourth-order valence-corrected chi connectivity index (χ4v) is 4.89. The maximum Gasteiger partial charge on any atom is 0.410 e. The van der Waals surface area contributed by atoms with E-state index in [1.54, 1.807) is 4.90 Å². The van der Waals surface area contributed by atoms with Gasteiger partial charge in [0.25, 0.3) is 0 Å². The molecule has 9 nitrogen and oxygen atoms in total. The number of nitrogens with zero attached hydrogens (tertiary/aromatic N) is 3. The molecule has 2 amide bonds. The Kier molecular flexibility index (Phi) is 7.28. The SMILES string of the molecule is Cc1cn2c(n1)[C@@H](COC1CCN(C(=O)OC(C)(C)C)CC1)[C@@H](NC(=O)[C@@H]1CCCO1)CC2. The number of amides is 2. The predicted molar refractivity (Wildman–Crippen MR) is 122 cm³/mol. The number of rotatable bonds is 5. The smallest absolute Gasteiger partial charge is 0.410 e. The number of hydrogen-bond donors (Lipinski definition) is 1. The van der Waals surface area contributed by atoms with Crippen LogP contribution in [0.1, 0.15) is 70.3 Å². The number of hydrogen-bond acceptors (Lipinski definition) is 6. The summed E-state index contributed by atoms with van der Waals surface area (Å²) < 4.78 is 19.6. The summed E-state index contributed by atoms with van der Waals surface area (Å²) in [6.07, 6.45) is 5.63. The van der Waals surface area contributed by atoms with E-state index < -0.39 is 5.60 Å². The van der Waals surface area contributed by atoms with Crippen LogP contribution in [0, 0.1) is 6.92 Å². The Morgan fingerprint density at radius 1 is 1.18 bits per heavy atom. The number of imidazole rings is 1. The lowest BCUT2D eigenvalue weighted by Crippen LogP contribution is -2.48. The van der Waals surface area contributed by atoms with Gasteiger partial charge in [0, 0.05) is 38.5 Å². The zero-order valence-corrected chi connectivity index (χ0v) is 20.3. The largest absolute Gasteiger partial charge is 0.444 e. The van der Waals surface area contributed by atoms with Crippen molar-refractivity contribution in [1.82, 2.24) is 19.8 Å². The van der Waals surface area contributed by atoms with Crippen molar-refractivity contribution in [1.29, 1.82) is 0 Å². The molecule has 184 valence electrons. The number of likely N-dealkylation sites (tertiary alicyclic amines) is 1. The highest BCUT2D eigenvalue weighted by atomic mass is 16.6. The van der Waals surface area contributed by atoms with Crippen LogP contribution in [0.15, 0.2) is 6.20 Å². The summed E-state index contributed by atoms with van der Waals surface area (Å²) in [5.74, 6) is 0.939. The zero-order chi connectivity index (χ0) is 23.6. The standard InChI is InChI=1S/C24H38N4O5/c1-16-14-28-12-9-19(26-22(29)20-6-5-13-31-20)18(21(28)25-16)15-32-17-7-10-27(11-8-17)23(30)33-24(2,3)4/h14,17-20H,5-13,15H2,1-4H3,(H,26,29)/t18-,19-,20-/m0/s1. The minimum absolute atomic E-state index is 0.0123. The third-order valence-corrected chi connectivity index (χ3v) is 6.58. The minimum Gasteiger partial charge on any atom is -0.444 e. The monoisotopic (exact) mass is 462 g/mol. The molecule has 0 aliphatic carbocycles. The number of aromatic nitrogens is 2. The van der Waals surface area contributed by atoms with Crippen LogP contribution in [0.2, 0.25) is 0 Å². The lowest BCUT2D eigenvalue weighted by atomic mass is 9.92. The molecular weight excluding hydrogens is 424 g/mol. The summed E-state index contributed by atoms with van der Waals surface area (Å²) in [6.45, 7) is 10.9. The summed E-state index contributed by atoms with van der Waals surface area (Å²) in [4.78, 5) is 31.6. The lowest BCUT2D eigenvalue weighted by molar-refractivity contribution is -0.131. The van der Waals surface area contributed by atoms with Crippen LogP contribution in [-0.2, 0) is 25.5 Å². The number of ether oxygens (including phenoxy) is 3. The van der Waals surface area contributed by atoms with Crippen molar-refractivity contribution in [2.45, 2.75) is 96.1 Å². The van der Waals surface area contributed by atoms with Crippen molar-refractivity contribution >= 4 is 12.0 Å². The molecule has 4 rings (SSSR count). The number of carbonyl (C=O) groups excluding carboxylic acids is 2. The second kappa shape index (κ2) is 10.0. The molecule has 0 radical (unpaired) electrons. The third kappa shape index (κ3) is 6.06. The van der Waals surface area contributed by atoms with Crippen LogP contribution in [0.3, 0.4) is 0 Å². The Bertz CT molecular complexity index is 834. The fourth-order valence-electron chi connectivity index (χ4n) is 4.89. The van der Waals surface area contributed by atoms with Gasteiger partial charge in [-0.2, -0.15) is 0 Å². The lowest BCUT2D eigenvalue weighted by Gasteiger charge is -2.36. The molecule has 0 unspecified atom stereocenters. The summed E-state index contributed by atoms with van der Waals surface area (Å²) in [7, 11) is 0. The van der Waals surface area contributed by atoms with Gasteiger partial charge in [-0.1, -0.05) is 0 Å². The maximum atomic E-state index is 12.7. The van der Waals surface area contributed by atoms with Gasteiger partial charge in [-0.05, 0) is 59.8 Å². The molecule has 33 heavy (non-hydrogen) atoms. The van der Waals surface area contributed by atoms with E-state index in [4.69, 9.17) is 19.2 Å². The highest BCUT2D eigenvalue weighted by molar-refractivity contribution is 5.81. The third-order valence-electron chi connectivity index (χ3n) is 6.58. The first-order chi connectivity index (χ1) is 15.7. The van der Waals surface area contributed by atoms with Crippen LogP contribution in [0.25, 0.3) is 0 Å². The van der Waals surface area contributed by atoms with Gasteiger partial charge in [-0.25, -0.2) is 9.78 Å². The molecule has 1 N–H and O–H groups in total. The summed E-state index contributed by atoms with van der Waals surface area (Å²) >= 11 is 0. The Hall–Kier alpha value is -2.13. The van der Waals surface area contributed by atoms with Gasteiger partial charge in [0.1, 0.15) is 17.5 Å². The quantitative estimate of drug-likeness (QED) is 0.723. The molecule has 0 aromatic carbocycles. The van der Waals surface area contributed by atoms with Crippen molar-refractivity contribution in [3.05, 3.63) is 17.7 Å². The normalized spacial score (nSPS) is 26.2. The van der Waals surface area contributed by atoms with E-state index in [2.05, 4.69) is 16.1 Å². The van der Waals surface area contributed by atoms with E-state index in [9.17, 15) is 9.59 Å². The van der Waals surface area contributed by atoms with E-state index in [0.29, 0.717) is 26.3 Å². The Morgan fingerprint density at radius 2 is 1.94 bits per heavy atom. The van der Waals surface area contributed by atoms with Crippen molar-refractivity contribution in [3.8, 4) is 0 Å². The molecule has 2 fully saturated rings. The molecule has 0 spiro atoms. The minimum atomic E-state index is -0.492. The molecule has 0 saturated carbocycles. The van der Waals surface area contributed by atoms with Crippen LogP contribution in [0.4, 0.5) is 4.79 Å². The van der Waals surface area contributed by atoms with E-state index in [-0.39, 0.29) is 36.2 Å². The molecule has 2 saturated heterocycles. The highest BCUT2D eigenvalue weighted by Crippen LogP contribution is 2.29. The highest BCUT2D eigenvalue weighted by Gasteiger charge is 2.36. The van der Waals surface area contributed by atoms with Gasteiger partial charge in [-0.15, -0.1) is 0 Å². The molecule has 4 heterocycles. The van der Waals surface area contributed by atoms with Gasteiger partial charge in [-0.3, -0.25) is 4.79 Å². The first-order valence-electron chi connectivity index (χ1n) is 12.2. The summed E-state index contributed by atoms with van der Waals surface area (Å²) in [5, 5.41) is 3.23. The van der Waals surface area contributed by atoms with Gasteiger partial charge >= 0.3 is 6.09 Å². The van der Waals surface area contributed by atoms with E-state index in [1.807, 2.05) is 27.7 Å². The molecular formula is C24H38N4O5. The van der Waals surface area contributed by atoms with Crippen molar-refractivity contribution < 1.29 is 23.8 Å². The van der Waals surface area contributed by atoms with Crippen LogP contribution >= 0.6 is 0 Å². The van der Waals surface area contributed by atoms with Crippen LogP contribution in [-0.4, -0.2) is 76.6 Å². The van der Waals surface area contributed by atoms with Crippen LogP contribution in [0.5, 0.6) is 0 Å². The molecule has 3 aliphatic rings. The average Bonchev–Trinajstić information content (AvgIpc) is 3.41. The number of nitrogens with one attached hydrogen (secondary N) is 1. The Balaban J connectivity index is 1.34. The van der Waals surface area contributed by atoms with Crippen LogP contribution < -0.4 is 5.32 Å². The molecule has 1 aromatic heterocycles. The topological polar surface area (TPSA) is 94.9 Å². The average molecular weight is 463 g/mol. The second-order valence-corrected chi connectivity index (χ2v) is 10.4. The first kappa shape index (κ1) is 24.0. The van der Waals surface area contributed by atoms with Gasteiger partial charge in [0.15, 0.2) is 0 Å². The first-order valence-corrected chi connectivity index (χ1v) is 12.2. The second-order valence-electron chi connectivity index (χ2n) is 10.4. The van der Waals surface area contributed by atoms with Crippen molar-refractivity contribution in [2.24, 2.45) is 0 Å². The number of piperidine rings is 1. The predicted octanol–water partition coefficient (Wildman–Crippen LogP) is 2.76. The number of fused-ring (bicyclic) bond motifs is 1. The van der Waals surface area contributed by atoms with E-state index in [0.717, 1.165) is 50.2 Å².